The zero-order chi connectivity index (χ0) is 10.8. The lowest BCUT2D eigenvalue weighted by Gasteiger charge is -2.21. The largest absolute Gasteiger partial charge is 0.331 e. The molecule has 1 atom stereocenters. The average Bonchev–Trinajstić information content (AvgIpc) is 3.03. The van der Waals surface area contributed by atoms with Gasteiger partial charge in [-0.15, -0.1) is 0 Å². The van der Waals surface area contributed by atoms with Gasteiger partial charge in [-0.3, -0.25) is 4.99 Å². The van der Waals surface area contributed by atoms with E-state index in [-0.39, 0.29) is 0 Å². The lowest BCUT2D eigenvalue weighted by atomic mass is 10.0. The van der Waals surface area contributed by atoms with Gasteiger partial charge < -0.3 is 10.2 Å². The Hall–Kier alpha value is -1.35. The minimum absolute atomic E-state index is 0.533. The molecule has 2 aliphatic rings. The van der Waals surface area contributed by atoms with Gasteiger partial charge in [0.2, 0.25) is 0 Å². The Morgan fingerprint density at radius 1 is 1.31 bits per heavy atom. The van der Waals surface area contributed by atoms with Crippen LogP contribution < -0.4 is 10.2 Å². The van der Waals surface area contributed by atoms with Crippen LogP contribution in [0.3, 0.4) is 0 Å². The number of aliphatic imine (C=N–C) groups is 1. The van der Waals surface area contributed by atoms with Crippen LogP contribution in [0.25, 0.3) is 0 Å². The molecule has 2 heterocycles. The van der Waals surface area contributed by atoms with Gasteiger partial charge in [-0.05, 0) is 31.0 Å². The monoisotopic (exact) mass is 215 g/mol. The number of nitrogens with zero attached hydrogens (tertiary/aromatic N) is 2. The molecule has 3 heteroatoms. The molecule has 0 bridgehead atoms. The van der Waals surface area contributed by atoms with E-state index in [0.717, 1.165) is 19.6 Å². The number of rotatable bonds is 2. The van der Waals surface area contributed by atoms with Crippen molar-refractivity contribution in [3.8, 4) is 0 Å². The number of benzene rings is 1. The van der Waals surface area contributed by atoms with Crippen LogP contribution in [0.2, 0.25) is 0 Å². The fraction of sp³-hybridized carbons (Fsp3) is 0.462. The predicted octanol–water partition coefficient (Wildman–Crippen LogP) is 1.96. The van der Waals surface area contributed by atoms with Gasteiger partial charge in [0.15, 0.2) is 0 Å². The van der Waals surface area contributed by atoms with E-state index in [1.165, 1.54) is 24.1 Å². The summed E-state index contributed by atoms with van der Waals surface area (Å²) in [6.45, 7) is 3.09. The third kappa shape index (κ3) is 1.71. The van der Waals surface area contributed by atoms with E-state index in [1.807, 2.05) is 6.34 Å². The lowest BCUT2D eigenvalue weighted by molar-refractivity contribution is 0.647. The molecule has 1 aromatic carbocycles. The van der Waals surface area contributed by atoms with E-state index in [0.29, 0.717) is 6.04 Å². The summed E-state index contributed by atoms with van der Waals surface area (Å²) in [5.74, 6) is 0. The van der Waals surface area contributed by atoms with Crippen LogP contribution in [-0.4, -0.2) is 26.0 Å². The maximum Gasteiger partial charge on any atom is 0.0895 e. The van der Waals surface area contributed by atoms with Crippen LogP contribution in [0, 0.1) is 0 Å². The molecule has 1 N–H and O–H groups in total. The van der Waals surface area contributed by atoms with Crippen LogP contribution in [-0.2, 0) is 0 Å². The highest BCUT2D eigenvalue weighted by Gasteiger charge is 2.21. The van der Waals surface area contributed by atoms with E-state index >= 15 is 0 Å². The summed E-state index contributed by atoms with van der Waals surface area (Å²) in [7, 11) is 0. The maximum absolute atomic E-state index is 4.29. The first-order chi connectivity index (χ1) is 7.95. The maximum atomic E-state index is 4.29. The molecule has 0 spiro atoms. The van der Waals surface area contributed by atoms with Crippen molar-refractivity contribution in [3.63, 3.8) is 0 Å². The van der Waals surface area contributed by atoms with Crippen molar-refractivity contribution in [2.45, 2.75) is 18.9 Å². The first-order valence-electron chi connectivity index (χ1n) is 6.04. The quantitative estimate of drug-likeness (QED) is 0.816. The Morgan fingerprint density at radius 2 is 2.25 bits per heavy atom. The van der Waals surface area contributed by atoms with Gasteiger partial charge in [0.1, 0.15) is 0 Å². The van der Waals surface area contributed by atoms with Crippen molar-refractivity contribution in [1.29, 1.82) is 0 Å². The minimum Gasteiger partial charge on any atom is -0.331 e. The normalized spacial score (nSPS) is 24.2. The summed E-state index contributed by atoms with van der Waals surface area (Å²) >= 11 is 0. The van der Waals surface area contributed by atoms with Gasteiger partial charge in [0.05, 0.1) is 12.9 Å². The van der Waals surface area contributed by atoms with Crippen LogP contribution in [0.15, 0.2) is 29.3 Å². The summed E-state index contributed by atoms with van der Waals surface area (Å²) in [6.07, 6.45) is 4.50. The topological polar surface area (TPSA) is 27.6 Å². The standard InChI is InChI=1S/C13H17N3/c1-2-6-13(16-9-8-14-10-16)11(4-1)12-5-3-7-15-12/h1-2,4,6,10,12,15H,3,5,7-9H2. The third-order valence-corrected chi connectivity index (χ3v) is 3.37. The number of hydrogen-bond acceptors (Lipinski definition) is 3. The van der Waals surface area contributed by atoms with Gasteiger partial charge in [-0.2, -0.15) is 0 Å². The Bertz CT molecular complexity index is 394. The van der Waals surface area contributed by atoms with Gasteiger partial charge >= 0.3 is 0 Å². The van der Waals surface area contributed by atoms with Crippen molar-refractivity contribution in [2.24, 2.45) is 4.99 Å². The minimum atomic E-state index is 0.533. The van der Waals surface area contributed by atoms with Crippen LogP contribution >= 0.6 is 0 Å². The van der Waals surface area contributed by atoms with Gasteiger partial charge in [-0.1, -0.05) is 18.2 Å². The Kier molecular flexibility index (Phi) is 2.62. The molecule has 1 saturated heterocycles. The highest BCUT2D eigenvalue weighted by atomic mass is 15.2. The zero-order valence-corrected chi connectivity index (χ0v) is 9.39. The van der Waals surface area contributed by atoms with Crippen molar-refractivity contribution < 1.29 is 0 Å². The van der Waals surface area contributed by atoms with Crippen molar-refractivity contribution >= 4 is 12.0 Å². The highest BCUT2D eigenvalue weighted by Crippen LogP contribution is 2.31. The molecule has 0 amide bonds. The van der Waals surface area contributed by atoms with Crippen LogP contribution in [0.5, 0.6) is 0 Å². The first-order valence-corrected chi connectivity index (χ1v) is 6.04. The molecule has 0 aliphatic carbocycles. The van der Waals surface area contributed by atoms with E-state index in [1.54, 1.807) is 0 Å². The second-order valence-electron chi connectivity index (χ2n) is 4.42. The zero-order valence-electron chi connectivity index (χ0n) is 9.39. The smallest absolute Gasteiger partial charge is 0.0895 e. The fourth-order valence-corrected chi connectivity index (χ4v) is 2.56. The van der Waals surface area contributed by atoms with E-state index in [4.69, 9.17) is 0 Å². The second-order valence-corrected chi connectivity index (χ2v) is 4.42. The summed E-state index contributed by atoms with van der Waals surface area (Å²) in [6, 6.07) is 9.22. The van der Waals surface area contributed by atoms with E-state index in [2.05, 4.69) is 39.5 Å². The van der Waals surface area contributed by atoms with Crippen molar-refractivity contribution in [2.75, 3.05) is 24.5 Å². The van der Waals surface area contributed by atoms with Crippen molar-refractivity contribution in [3.05, 3.63) is 29.8 Å². The molecular weight excluding hydrogens is 198 g/mol. The first kappa shape index (κ1) is 9.85. The molecule has 0 radical (unpaired) electrons. The van der Waals surface area contributed by atoms with E-state index in [9.17, 15) is 0 Å². The number of anilines is 1. The average molecular weight is 215 g/mol. The molecule has 0 saturated carbocycles. The number of nitrogens with one attached hydrogen (secondary N) is 1. The Balaban J connectivity index is 1.93. The van der Waals surface area contributed by atoms with Gasteiger partial charge in [-0.25, -0.2) is 0 Å². The Morgan fingerprint density at radius 3 is 3.00 bits per heavy atom. The molecule has 1 unspecified atom stereocenters. The third-order valence-electron chi connectivity index (χ3n) is 3.37. The molecular formula is C13H17N3. The molecule has 1 fully saturated rings. The molecule has 0 aromatic heterocycles. The molecule has 2 aliphatic heterocycles. The lowest BCUT2D eigenvalue weighted by Crippen LogP contribution is -2.22. The highest BCUT2D eigenvalue weighted by molar-refractivity contribution is 5.82. The summed E-state index contributed by atoms with van der Waals surface area (Å²) in [4.78, 5) is 6.55. The van der Waals surface area contributed by atoms with Crippen LogP contribution in [0.1, 0.15) is 24.4 Å². The van der Waals surface area contributed by atoms with E-state index < -0.39 is 0 Å². The fourth-order valence-electron chi connectivity index (χ4n) is 2.56. The number of para-hydroxylation sites is 1. The SMILES string of the molecule is C1=NCCN1c1ccccc1C1CCCN1. The summed E-state index contributed by atoms with van der Waals surface area (Å²) < 4.78 is 0. The number of hydrogen-bond donors (Lipinski definition) is 1. The second kappa shape index (κ2) is 4.26. The molecule has 1 aromatic rings. The van der Waals surface area contributed by atoms with Crippen molar-refractivity contribution in [1.82, 2.24) is 5.32 Å². The molecule has 3 rings (SSSR count). The van der Waals surface area contributed by atoms with Crippen LogP contribution in [0.4, 0.5) is 5.69 Å². The predicted molar refractivity (Wildman–Crippen MR) is 67.1 cm³/mol. The molecule has 84 valence electrons. The summed E-state index contributed by atoms with van der Waals surface area (Å²) in [5, 5.41) is 3.57. The Labute approximate surface area is 96.2 Å². The van der Waals surface area contributed by atoms with Gasteiger partial charge in [0.25, 0.3) is 0 Å². The molecule has 16 heavy (non-hydrogen) atoms. The van der Waals surface area contributed by atoms with Gasteiger partial charge in [0, 0.05) is 18.3 Å². The molecule has 3 nitrogen and oxygen atoms in total. The summed E-state index contributed by atoms with van der Waals surface area (Å²) in [5.41, 5.74) is 2.75.